The van der Waals surface area contributed by atoms with E-state index in [1.165, 1.54) is 0 Å². The summed E-state index contributed by atoms with van der Waals surface area (Å²) in [6.07, 6.45) is 7.43. The van der Waals surface area contributed by atoms with Gasteiger partial charge in [0.1, 0.15) is 0 Å². The van der Waals surface area contributed by atoms with Crippen LogP contribution in [0.4, 0.5) is 0 Å². The lowest BCUT2D eigenvalue weighted by Gasteiger charge is -2.28. The third-order valence-corrected chi connectivity index (χ3v) is 2.79. The van der Waals surface area contributed by atoms with Crippen molar-refractivity contribution in [2.45, 2.75) is 51.6 Å². The lowest BCUT2D eigenvalue weighted by Crippen LogP contribution is -2.54. The van der Waals surface area contributed by atoms with Gasteiger partial charge >= 0.3 is 0 Å². The van der Waals surface area contributed by atoms with Gasteiger partial charge in [0.25, 0.3) is 0 Å². The Morgan fingerprint density at radius 2 is 2.20 bits per heavy atom. The summed E-state index contributed by atoms with van der Waals surface area (Å²) in [5.74, 6) is 0.102. The highest BCUT2D eigenvalue weighted by molar-refractivity contribution is 5.85. The molecule has 1 aliphatic carbocycles. The predicted molar refractivity (Wildman–Crippen MR) is 62.7 cm³/mol. The first kappa shape index (κ1) is 12.2. The average Bonchev–Trinajstić information content (AvgIpc) is 2.19. The molecule has 0 spiro atoms. The summed E-state index contributed by atoms with van der Waals surface area (Å²) in [6.45, 7) is 6.67. The zero-order chi connectivity index (χ0) is 11.3. The third-order valence-electron chi connectivity index (χ3n) is 2.79. The first-order valence-corrected chi connectivity index (χ1v) is 5.77. The molecule has 0 bridgehead atoms. The van der Waals surface area contributed by atoms with E-state index >= 15 is 0 Å². The van der Waals surface area contributed by atoms with Gasteiger partial charge in [-0.1, -0.05) is 19.1 Å². The van der Waals surface area contributed by atoms with Gasteiger partial charge in [0.2, 0.25) is 5.91 Å². The normalized spacial score (nSPS) is 21.4. The van der Waals surface area contributed by atoms with Crippen molar-refractivity contribution in [1.29, 1.82) is 0 Å². The standard InChI is InChI=1S/C12H22N2O/c1-4-13-12(2,3)11(15)14-10-8-6-5-7-9-10/h5-6,10,13H,4,7-9H2,1-3H3,(H,14,15). The van der Waals surface area contributed by atoms with Gasteiger partial charge < -0.3 is 10.6 Å². The van der Waals surface area contributed by atoms with Crippen molar-refractivity contribution in [2.24, 2.45) is 0 Å². The van der Waals surface area contributed by atoms with Crippen molar-refractivity contribution in [3.63, 3.8) is 0 Å². The number of carbonyl (C=O) groups is 1. The minimum atomic E-state index is -0.462. The van der Waals surface area contributed by atoms with Crippen LogP contribution in [-0.4, -0.2) is 24.0 Å². The number of likely N-dealkylation sites (N-methyl/N-ethyl adjacent to an activating group) is 1. The van der Waals surface area contributed by atoms with Crippen molar-refractivity contribution in [2.75, 3.05) is 6.54 Å². The van der Waals surface area contributed by atoms with Gasteiger partial charge in [-0.3, -0.25) is 4.79 Å². The van der Waals surface area contributed by atoms with Crippen LogP contribution < -0.4 is 10.6 Å². The molecule has 3 heteroatoms. The van der Waals surface area contributed by atoms with Gasteiger partial charge in [-0.05, 0) is 39.7 Å². The van der Waals surface area contributed by atoms with Crippen LogP contribution in [0.1, 0.15) is 40.0 Å². The third kappa shape index (κ3) is 3.67. The first-order valence-electron chi connectivity index (χ1n) is 5.77. The maximum Gasteiger partial charge on any atom is 0.239 e. The summed E-state index contributed by atoms with van der Waals surface area (Å²) >= 11 is 0. The molecule has 86 valence electrons. The number of nitrogens with one attached hydrogen (secondary N) is 2. The Balaban J connectivity index is 2.43. The van der Waals surface area contributed by atoms with Gasteiger partial charge in [0.05, 0.1) is 5.54 Å². The topological polar surface area (TPSA) is 41.1 Å². The molecule has 2 N–H and O–H groups in total. The second kappa shape index (κ2) is 5.31. The minimum Gasteiger partial charge on any atom is -0.351 e. The fourth-order valence-electron chi connectivity index (χ4n) is 1.81. The summed E-state index contributed by atoms with van der Waals surface area (Å²) in [6, 6.07) is 0.320. The van der Waals surface area contributed by atoms with Crippen LogP contribution in [0.25, 0.3) is 0 Å². The van der Waals surface area contributed by atoms with E-state index in [1.807, 2.05) is 20.8 Å². The highest BCUT2D eigenvalue weighted by atomic mass is 16.2. The molecule has 0 radical (unpaired) electrons. The van der Waals surface area contributed by atoms with E-state index < -0.39 is 5.54 Å². The van der Waals surface area contributed by atoms with Crippen LogP contribution >= 0.6 is 0 Å². The summed E-state index contributed by atoms with van der Waals surface area (Å²) in [5.41, 5.74) is -0.462. The SMILES string of the molecule is CCNC(C)(C)C(=O)NC1CC=CCC1. The summed E-state index contributed by atoms with van der Waals surface area (Å²) in [7, 11) is 0. The van der Waals surface area contributed by atoms with Crippen molar-refractivity contribution in [3.05, 3.63) is 12.2 Å². The molecule has 1 aliphatic rings. The molecule has 0 heterocycles. The molecular formula is C12H22N2O. The number of allylic oxidation sites excluding steroid dienone is 1. The van der Waals surface area contributed by atoms with Crippen molar-refractivity contribution >= 4 is 5.91 Å². The minimum absolute atomic E-state index is 0.102. The molecule has 0 aromatic rings. The maximum absolute atomic E-state index is 11.9. The van der Waals surface area contributed by atoms with E-state index in [9.17, 15) is 4.79 Å². The van der Waals surface area contributed by atoms with Crippen LogP contribution in [0, 0.1) is 0 Å². The van der Waals surface area contributed by atoms with Crippen molar-refractivity contribution in [1.82, 2.24) is 10.6 Å². The highest BCUT2D eigenvalue weighted by Crippen LogP contribution is 2.12. The molecule has 0 aromatic carbocycles. The summed E-state index contributed by atoms with van der Waals surface area (Å²) in [5, 5.41) is 6.27. The Hall–Kier alpha value is -0.830. The average molecular weight is 210 g/mol. The highest BCUT2D eigenvalue weighted by Gasteiger charge is 2.27. The van der Waals surface area contributed by atoms with Gasteiger partial charge in [-0.25, -0.2) is 0 Å². The predicted octanol–water partition coefficient (Wildman–Crippen LogP) is 1.60. The molecule has 1 amide bonds. The first-order chi connectivity index (χ1) is 7.06. The van der Waals surface area contributed by atoms with Crippen LogP contribution in [0.2, 0.25) is 0 Å². The fourth-order valence-corrected chi connectivity index (χ4v) is 1.81. The van der Waals surface area contributed by atoms with Gasteiger partial charge in [-0.15, -0.1) is 0 Å². The second-order valence-corrected chi connectivity index (χ2v) is 4.61. The zero-order valence-corrected chi connectivity index (χ0v) is 9.97. The number of rotatable bonds is 4. The largest absolute Gasteiger partial charge is 0.351 e. The smallest absolute Gasteiger partial charge is 0.239 e. The summed E-state index contributed by atoms with van der Waals surface area (Å²) < 4.78 is 0. The second-order valence-electron chi connectivity index (χ2n) is 4.61. The van der Waals surface area contributed by atoms with Crippen LogP contribution in [0.5, 0.6) is 0 Å². The molecule has 0 aromatic heterocycles. The molecule has 1 rings (SSSR count). The quantitative estimate of drug-likeness (QED) is 0.692. The lowest BCUT2D eigenvalue weighted by molar-refractivity contribution is -0.127. The van der Waals surface area contributed by atoms with Gasteiger partial charge in [0, 0.05) is 6.04 Å². The Kier molecular flexibility index (Phi) is 4.33. The monoisotopic (exact) mass is 210 g/mol. The molecule has 0 fully saturated rings. The maximum atomic E-state index is 11.9. The number of carbonyl (C=O) groups excluding carboxylic acids is 1. The molecule has 0 saturated carbocycles. The van der Waals surface area contributed by atoms with Crippen molar-refractivity contribution in [3.8, 4) is 0 Å². The number of hydrogen-bond acceptors (Lipinski definition) is 2. The van der Waals surface area contributed by atoms with Gasteiger partial charge in [0.15, 0.2) is 0 Å². The molecule has 0 aliphatic heterocycles. The van der Waals surface area contributed by atoms with Crippen LogP contribution in [-0.2, 0) is 4.79 Å². The Morgan fingerprint density at radius 1 is 1.47 bits per heavy atom. The van der Waals surface area contributed by atoms with E-state index in [4.69, 9.17) is 0 Å². The van der Waals surface area contributed by atoms with E-state index in [-0.39, 0.29) is 5.91 Å². The van der Waals surface area contributed by atoms with E-state index in [0.717, 1.165) is 25.8 Å². The molecular weight excluding hydrogens is 188 g/mol. The fraction of sp³-hybridized carbons (Fsp3) is 0.750. The Morgan fingerprint density at radius 3 is 2.73 bits per heavy atom. The number of hydrogen-bond donors (Lipinski definition) is 2. The number of amides is 1. The molecule has 1 unspecified atom stereocenters. The molecule has 1 atom stereocenters. The molecule has 15 heavy (non-hydrogen) atoms. The van der Waals surface area contributed by atoms with Crippen LogP contribution in [0.15, 0.2) is 12.2 Å². The van der Waals surface area contributed by atoms with E-state index in [0.29, 0.717) is 6.04 Å². The lowest BCUT2D eigenvalue weighted by atomic mass is 9.99. The van der Waals surface area contributed by atoms with E-state index in [2.05, 4.69) is 22.8 Å². The molecule has 3 nitrogen and oxygen atoms in total. The Labute approximate surface area is 92.3 Å². The zero-order valence-electron chi connectivity index (χ0n) is 9.97. The van der Waals surface area contributed by atoms with Crippen molar-refractivity contribution < 1.29 is 4.79 Å². The molecule has 0 saturated heterocycles. The van der Waals surface area contributed by atoms with E-state index in [1.54, 1.807) is 0 Å². The van der Waals surface area contributed by atoms with Crippen LogP contribution in [0.3, 0.4) is 0 Å². The summed E-state index contributed by atoms with van der Waals surface area (Å²) in [4.78, 5) is 11.9. The van der Waals surface area contributed by atoms with Gasteiger partial charge in [-0.2, -0.15) is 0 Å². The Bertz CT molecular complexity index is 246.